The number of anilines is 1. The first-order valence-electron chi connectivity index (χ1n) is 9.52. The maximum Gasteiger partial charge on any atom is 0.522 e. The van der Waals surface area contributed by atoms with Crippen LogP contribution in [-0.2, 0) is 37.3 Å². The summed E-state index contributed by atoms with van der Waals surface area (Å²) in [5.74, 6) is -0.916. The monoisotopic (exact) mass is 478 g/mol. The van der Waals surface area contributed by atoms with Gasteiger partial charge in [-0.05, 0) is 51.8 Å². The predicted molar refractivity (Wildman–Crippen MR) is 112 cm³/mol. The number of ketones is 1. The molecule has 2 aromatic rings. The van der Waals surface area contributed by atoms with Gasteiger partial charge in [0.2, 0.25) is 10.0 Å². The summed E-state index contributed by atoms with van der Waals surface area (Å²) in [7, 11) is -3.77. The van der Waals surface area contributed by atoms with E-state index in [0.29, 0.717) is 10.9 Å². The molecule has 0 saturated carbocycles. The minimum absolute atomic E-state index is 0.0169. The van der Waals surface area contributed by atoms with Crippen molar-refractivity contribution in [3.63, 3.8) is 0 Å². The van der Waals surface area contributed by atoms with E-state index in [4.69, 9.17) is 4.74 Å². The van der Waals surface area contributed by atoms with Gasteiger partial charge in [-0.15, -0.1) is 13.2 Å². The van der Waals surface area contributed by atoms with E-state index in [2.05, 4.69) is 9.46 Å². The van der Waals surface area contributed by atoms with Crippen molar-refractivity contribution >= 4 is 38.4 Å². The summed E-state index contributed by atoms with van der Waals surface area (Å²) >= 11 is 0. The average Bonchev–Trinajstić information content (AvgIpc) is 2.88. The van der Waals surface area contributed by atoms with E-state index in [-0.39, 0.29) is 35.6 Å². The van der Waals surface area contributed by atoms with Crippen molar-refractivity contribution in [2.75, 3.05) is 17.6 Å². The van der Waals surface area contributed by atoms with Crippen molar-refractivity contribution < 1.29 is 40.7 Å². The van der Waals surface area contributed by atoms with Crippen molar-refractivity contribution in [3.8, 4) is 0 Å². The Balaban J connectivity index is 2.57. The van der Waals surface area contributed by atoms with Gasteiger partial charge in [0.05, 0.1) is 18.6 Å². The first-order chi connectivity index (χ1) is 14.5. The zero-order chi connectivity index (χ0) is 24.5. The Kier molecular flexibility index (Phi) is 7.30. The van der Waals surface area contributed by atoms with Crippen LogP contribution in [0.5, 0.6) is 0 Å². The number of nitrogens with zero attached hydrogens (tertiary/aromatic N) is 1. The van der Waals surface area contributed by atoms with Gasteiger partial charge in [-0.1, -0.05) is 0 Å². The number of hydrogen-bond donors (Lipinski definition) is 1. The fourth-order valence-corrected chi connectivity index (χ4v) is 3.67. The van der Waals surface area contributed by atoms with Crippen LogP contribution in [-0.4, -0.2) is 49.6 Å². The van der Waals surface area contributed by atoms with Gasteiger partial charge in [0.25, 0.3) is 0 Å². The van der Waals surface area contributed by atoms with Crippen LogP contribution in [0, 0.1) is 0 Å². The van der Waals surface area contributed by atoms with E-state index < -0.39 is 34.6 Å². The van der Waals surface area contributed by atoms with E-state index in [1.54, 1.807) is 20.8 Å². The van der Waals surface area contributed by atoms with Crippen LogP contribution in [0.4, 0.5) is 18.9 Å². The first-order valence-corrected chi connectivity index (χ1v) is 11.4. The molecule has 0 unspecified atom stereocenters. The number of fused-ring (bicyclic) bond motifs is 1. The molecule has 8 nitrogen and oxygen atoms in total. The van der Waals surface area contributed by atoms with E-state index in [0.717, 1.165) is 6.26 Å². The molecule has 178 valence electrons. The minimum atomic E-state index is -4.84. The van der Waals surface area contributed by atoms with Crippen molar-refractivity contribution in [1.82, 2.24) is 4.57 Å². The van der Waals surface area contributed by atoms with Crippen molar-refractivity contribution in [1.29, 1.82) is 0 Å². The minimum Gasteiger partial charge on any atom is -0.459 e. The molecule has 1 heterocycles. The molecule has 0 aliphatic rings. The van der Waals surface area contributed by atoms with Crippen molar-refractivity contribution in [2.24, 2.45) is 0 Å². The largest absolute Gasteiger partial charge is 0.522 e. The van der Waals surface area contributed by atoms with Crippen molar-refractivity contribution in [3.05, 3.63) is 29.5 Å². The molecule has 0 saturated heterocycles. The van der Waals surface area contributed by atoms with Crippen LogP contribution in [0.1, 0.15) is 43.6 Å². The molecule has 12 heteroatoms. The van der Waals surface area contributed by atoms with E-state index in [9.17, 15) is 31.2 Å². The zero-order valence-electron chi connectivity index (χ0n) is 18.3. The number of hydrogen-bond acceptors (Lipinski definition) is 6. The smallest absolute Gasteiger partial charge is 0.459 e. The lowest BCUT2D eigenvalue weighted by Crippen LogP contribution is -2.26. The van der Waals surface area contributed by atoms with Crippen LogP contribution in [0.15, 0.2) is 18.3 Å². The summed E-state index contributed by atoms with van der Waals surface area (Å²) < 4.78 is 73.5. The Morgan fingerprint density at radius 3 is 2.28 bits per heavy atom. The Morgan fingerprint density at radius 2 is 1.78 bits per heavy atom. The summed E-state index contributed by atoms with van der Waals surface area (Å²) in [6, 6.07) is 2.79. The number of carbonyl (C=O) groups is 2. The molecule has 1 aromatic carbocycles. The normalized spacial score (nSPS) is 12.8. The summed E-state index contributed by atoms with van der Waals surface area (Å²) in [4.78, 5) is 24.4. The van der Waals surface area contributed by atoms with Gasteiger partial charge in [-0.25, -0.2) is 8.42 Å². The molecule has 0 spiro atoms. The third-order valence-corrected chi connectivity index (χ3v) is 4.73. The lowest BCUT2D eigenvalue weighted by molar-refractivity contribution is -0.324. The van der Waals surface area contributed by atoms with Gasteiger partial charge in [0.1, 0.15) is 12.1 Å². The number of rotatable bonds is 8. The third-order valence-electron chi connectivity index (χ3n) is 4.14. The van der Waals surface area contributed by atoms with Gasteiger partial charge in [-0.2, -0.15) is 0 Å². The van der Waals surface area contributed by atoms with Gasteiger partial charge in [-0.3, -0.25) is 19.0 Å². The Morgan fingerprint density at radius 1 is 1.16 bits per heavy atom. The molecule has 0 radical (unpaired) electrons. The topological polar surface area (TPSA) is 104 Å². The van der Waals surface area contributed by atoms with Crippen LogP contribution < -0.4 is 4.72 Å². The number of benzene rings is 1. The summed E-state index contributed by atoms with van der Waals surface area (Å²) in [5, 5.41) is 0.340. The van der Waals surface area contributed by atoms with Gasteiger partial charge < -0.3 is 9.30 Å². The Labute approximate surface area is 183 Å². The fraction of sp³-hybridized carbons (Fsp3) is 0.500. The van der Waals surface area contributed by atoms with Crippen LogP contribution in [0.3, 0.4) is 0 Å². The van der Waals surface area contributed by atoms with Gasteiger partial charge >= 0.3 is 12.3 Å². The van der Waals surface area contributed by atoms with E-state index >= 15 is 0 Å². The average molecular weight is 478 g/mol. The highest BCUT2D eigenvalue weighted by molar-refractivity contribution is 7.92. The number of nitrogens with one attached hydrogen (secondary N) is 1. The SMILES string of the molecule is CC(=O)c1cn(CC(=O)OC(C)(C)C)c2cc(CCOC(F)(F)F)c(NS(C)(=O)=O)cc12. The third kappa shape index (κ3) is 7.52. The number of ether oxygens (including phenoxy) is 2. The van der Waals surface area contributed by atoms with Crippen LogP contribution in [0.2, 0.25) is 0 Å². The number of halogens is 3. The molecule has 1 aromatic heterocycles. The molecule has 0 bridgehead atoms. The quantitative estimate of drug-likeness (QED) is 0.459. The standard InChI is InChI=1S/C20H25F3N2O6S/c1-12(26)15-10-25(11-18(27)31-19(2,3)4)17-8-13(6-7-30-20(21,22)23)16(9-14(15)17)24-32(5,28)29/h8-10,24H,6-7,11H2,1-5H3. The molecule has 1 N–H and O–H groups in total. The van der Waals surface area contributed by atoms with Crippen LogP contribution >= 0.6 is 0 Å². The fourth-order valence-electron chi connectivity index (χ4n) is 3.08. The second-order valence-electron chi connectivity index (χ2n) is 8.26. The second-order valence-corrected chi connectivity index (χ2v) is 10.0. The number of alkyl halides is 3. The molecule has 2 rings (SSSR count). The molecule has 0 atom stereocenters. The Bertz CT molecular complexity index is 1130. The number of Topliss-reactive ketones (excluding diaryl/α,β-unsaturated/α-hetero) is 1. The highest BCUT2D eigenvalue weighted by Gasteiger charge is 2.29. The molecular formula is C20H25F3N2O6S. The summed E-state index contributed by atoms with van der Waals surface area (Å²) in [5.41, 5.74) is 0.0604. The van der Waals surface area contributed by atoms with Crippen LogP contribution in [0.25, 0.3) is 10.9 Å². The Hall–Kier alpha value is -2.60. The maximum atomic E-state index is 12.4. The highest BCUT2D eigenvalue weighted by atomic mass is 32.2. The number of esters is 1. The molecule has 0 aliphatic carbocycles. The van der Waals surface area contributed by atoms with E-state index in [1.807, 2.05) is 0 Å². The summed E-state index contributed by atoms with van der Waals surface area (Å²) in [6.07, 6.45) is -2.79. The second kappa shape index (κ2) is 9.10. The van der Waals surface area contributed by atoms with Gasteiger partial charge in [0, 0.05) is 22.7 Å². The van der Waals surface area contributed by atoms with Crippen molar-refractivity contribution in [2.45, 2.75) is 52.6 Å². The number of aromatic nitrogens is 1. The predicted octanol–water partition coefficient (Wildman–Crippen LogP) is 3.64. The molecule has 0 amide bonds. The lowest BCUT2D eigenvalue weighted by Gasteiger charge is -2.20. The molecule has 0 aliphatic heterocycles. The zero-order valence-corrected chi connectivity index (χ0v) is 19.1. The number of carbonyl (C=O) groups excluding carboxylic acids is 2. The summed E-state index contributed by atoms with van der Waals surface area (Å²) in [6.45, 7) is 5.39. The lowest BCUT2D eigenvalue weighted by atomic mass is 10.0. The number of sulfonamides is 1. The molecular weight excluding hydrogens is 453 g/mol. The van der Waals surface area contributed by atoms with E-state index in [1.165, 1.54) is 29.8 Å². The molecule has 32 heavy (non-hydrogen) atoms. The maximum absolute atomic E-state index is 12.4. The van der Waals surface area contributed by atoms with Gasteiger partial charge in [0.15, 0.2) is 5.78 Å². The molecule has 0 fully saturated rings. The highest BCUT2D eigenvalue weighted by Crippen LogP contribution is 2.30. The first kappa shape index (κ1) is 25.7.